The van der Waals surface area contributed by atoms with E-state index in [-0.39, 0.29) is 12.1 Å². The van der Waals surface area contributed by atoms with E-state index in [1.54, 1.807) is 6.07 Å². The summed E-state index contributed by atoms with van der Waals surface area (Å²) in [7, 11) is 0. The maximum atomic E-state index is 13.0. The summed E-state index contributed by atoms with van der Waals surface area (Å²) in [5, 5.41) is 4.06. The molecule has 0 atom stereocenters. The summed E-state index contributed by atoms with van der Waals surface area (Å²) in [6.07, 6.45) is -4.79. The molecule has 0 bridgehead atoms. The lowest BCUT2D eigenvalue weighted by Gasteiger charge is -2.12. The second kappa shape index (κ2) is 8.18. The Morgan fingerprint density at radius 1 is 1.04 bits per heavy atom. The molecule has 0 unspecified atom stereocenters. The van der Waals surface area contributed by atoms with E-state index in [9.17, 15) is 27.2 Å². The SMILES string of the molecule is O=C(Cc1cccc(F)c1)NCC(=O)Nc1ccc(Cl)c(C(F)(F)F)c1. The predicted octanol–water partition coefficient (Wildman–Crippen LogP) is 3.80. The molecule has 9 heteroatoms. The summed E-state index contributed by atoms with van der Waals surface area (Å²) >= 11 is 5.49. The van der Waals surface area contributed by atoms with Gasteiger partial charge in [-0.15, -0.1) is 0 Å². The molecule has 0 spiro atoms. The van der Waals surface area contributed by atoms with Crippen LogP contribution in [0.1, 0.15) is 11.1 Å². The first-order valence-corrected chi connectivity index (χ1v) is 7.70. The average Bonchev–Trinajstić information content (AvgIpc) is 2.54. The maximum Gasteiger partial charge on any atom is 0.417 e. The van der Waals surface area contributed by atoms with Crippen molar-refractivity contribution in [1.82, 2.24) is 5.32 Å². The standard InChI is InChI=1S/C17H13ClF4N2O2/c18-14-5-4-12(8-13(14)17(20,21)22)24-16(26)9-23-15(25)7-10-2-1-3-11(19)6-10/h1-6,8H,7,9H2,(H,23,25)(H,24,26). The van der Waals surface area contributed by atoms with Crippen LogP contribution < -0.4 is 10.6 Å². The van der Waals surface area contributed by atoms with Gasteiger partial charge in [-0.05, 0) is 35.9 Å². The van der Waals surface area contributed by atoms with Crippen molar-refractivity contribution in [2.24, 2.45) is 0 Å². The number of anilines is 1. The smallest absolute Gasteiger partial charge is 0.347 e. The zero-order chi connectivity index (χ0) is 19.3. The van der Waals surface area contributed by atoms with Crippen LogP contribution in [0.2, 0.25) is 5.02 Å². The van der Waals surface area contributed by atoms with E-state index in [1.165, 1.54) is 24.3 Å². The highest BCUT2D eigenvalue weighted by molar-refractivity contribution is 6.31. The van der Waals surface area contributed by atoms with Crippen LogP contribution in [0.15, 0.2) is 42.5 Å². The largest absolute Gasteiger partial charge is 0.417 e. The second-order valence-electron chi connectivity index (χ2n) is 5.32. The Labute approximate surface area is 151 Å². The van der Waals surface area contributed by atoms with E-state index in [0.29, 0.717) is 11.6 Å². The van der Waals surface area contributed by atoms with Gasteiger partial charge in [0.05, 0.1) is 23.6 Å². The van der Waals surface area contributed by atoms with Gasteiger partial charge in [-0.1, -0.05) is 23.7 Å². The third kappa shape index (κ3) is 5.73. The van der Waals surface area contributed by atoms with E-state index < -0.39 is 40.9 Å². The Kier molecular flexibility index (Phi) is 6.20. The highest BCUT2D eigenvalue weighted by Gasteiger charge is 2.33. The van der Waals surface area contributed by atoms with Crippen LogP contribution in [0.25, 0.3) is 0 Å². The monoisotopic (exact) mass is 388 g/mol. The number of nitrogens with one attached hydrogen (secondary N) is 2. The van der Waals surface area contributed by atoms with Crippen molar-refractivity contribution < 1.29 is 27.2 Å². The number of carbonyl (C=O) groups excluding carboxylic acids is 2. The molecule has 0 aliphatic rings. The van der Waals surface area contributed by atoms with Crippen molar-refractivity contribution in [3.05, 3.63) is 64.4 Å². The molecule has 2 rings (SSSR count). The zero-order valence-corrected chi connectivity index (χ0v) is 13.9. The van der Waals surface area contributed by atoms with Crippen LogP contribution in [0, 0.1) is 5.82 Å². The highest BCUT2D eigenvalue weighted by Crippen LogP contribution is 2.36. The van der Waals surface area contributed by atoms with E-state index in [1.807, 2.05) is 0 Å². The summed E-state index contributed by atoms with van der Waals surface area (Å²) in [5.74, 6) is -1.73. The summed E-state index contributed by atoms with van der Waals surface area (Å²) in [6.45, 7) is -0.446. The van der Waals surface area contributed by atoms with Gasteiger partial charge in [-0.25, -0.2) is 4.39 Å². The third-order valence-corrected chi connectivity index (χ3v) is 3.58. The van der Waals surface area contributed by atoms with Crippen molar-refractivity contribution in [3.63, 3.8) is 0 Å². The third-order valence-electron chi connectivity index (χ3n) is 3.26. The van der Waals surface area contributed by atoms with Crippen LogP contribution in [0.4, 0.5) is 23.2 Å². The maximum absolute atomic E-state index is 13.0. The first-order chi connectivity index (χ1) is 12.1. The molecule has 2 amide bonds. The van der Waals surface area contributed by atoms with Crippen molar-refractivity contribution in [2.45, 2.75) is 12.6 Å². The Balaban J connectivity index is 1.90. The highest BCUT2D eigenvalue weighted by atomic mass is 35.5. The first kappa shape index (κ1) is 19.7. The number of carbonyl (C=O) groups is 2. The van der Waals surface area contributed by atoms with Gasteiger partial charge in [0.25, 0.3) is 0 Å². The summed E-state index contributed by atoms with van der Waals surface area (Å²) in [6, 6.07) is 8.35. The topological polar surface area (TPSA) is 58.2 Å². The van der Waals surface area contributed by atoms with Gasteiger partial charge >= 0.3 is 6.18 Å². The Morgan fingerprint density at radius 2 is 1.77 bits per heavy atom. The van der Waals surface area contributed by atoms with Crippen LogP contribution in [-0.4, -0.2) is 18.4 Å². The number of amides is 2. The minimum absolute atomic E-state index is 0.105. The number of alkyl halides is 3. The van der Waals surface area contributed by atoms with Gasteiger partial charge in [-0.3, -0.25) is 9.59 Å². The van der Waals surface area contributed by atoms with Crippen LogP contribution >= 0.6 is 11.6 Å². The van der Waals surface area contributed by atoms with Crippen molar-refractivity contribution in [2.75, 3.05) is 11.9 Å². The molecule has 0 fully saturated rings. The van der Waals surface area contributed by atoms with Crippen LogP contribution in [0.3, 0.4) is 0 Å². The molecular formula is C17H13ClF4N2O2. The molecule has 0 aliphatic carbocycles. The first-order valence-electron chi connectivity index (χ1n) is 7.33. The molecule has 2 N–H and O–H groups in total. The molecule has 0 aliphatic heterocycles. The van der Waals surface area contributed by atoms with Crippen LogP contribution in [0.5, 0.6) is 0 Å². The molecule has 0 radical (unpaired) electrons. The Bertz CT molecular complexity index is 825. The molecule has 4 nitrogen and oxygen atoms in total. The molecule has 2 aromatic rings. The second-order valence-corrected chi connectivity index (χ2v) is 5.73. The molecule has 138 valence electrons. The minimum Gasteiger partial charge on any atom is -0.347 e. The fraction of sp³-hybridized carbons (Fsp3) is 0.176. The normalized spacial score (nSPS) is 11.1. The zero-order valence-electron chi connectivity index (χ0n) is 13.2. The number of benzene rings is 2. The molecule has 0 heterocycles. The number of hydrogen-bond donors (Lipinski definition) is 2. The molecule has 0 aromatic heterocycles. The van der Waals surface area contributed by atoms with Gasteiger partial charge in [0, 0.05) is 5.69 Å². The quantitative estimate of drug-likeness (QED) is 0.766. The van der Waals surface area contributed by atoms with Crippen LogP contribution in [-0.2, 0) is 22.2 Å². The van der Waals surface area contributed by atoms with E-state index in [4.69, 9.17) is 11.6 Å². The molecular weight excluding hydrogens is 376 g/mol. The lowest BCUT2D eigenvalue weighted by molar-refractivity contribution is -0.137. The molecule has 0 saturated carbocycles. The molecule has 0 saturated heterocycles. The van der Waals surface area contributed by atoms with Gasteiger partial charge in [0.1, 0.15) is 5.82 Å². The lowest BCUT2D eigenvalue weighted by atomic mass is 10.1. The fourth-order valence-electron chi connectivity index (χ4n) is 2.10. The average molecular weight is 389 g/mol. The fourth-order valence-corrected chi connectivity index (χ4v) is 2.32. The van der Waals surface area contributed by atoms with Gasteiger partial charge in [-0.2, -0.15) is 13.2 Å². The van der Waals surface area contributed by atoms with E-state index in [2.05, 4.69) is 10.6 Å². The summed E-state index contributed by atoms with van der Waals surface area (Å²) in [5.41, 5.74) is -0.756. The number of rotatable bonds is 5. The van der Waals surface area contributed by atoms with Crippen molar-refractivity contribution in [3.8, 4) is 0 Å². The minimum atomic E-state index is -4.66. The van der Waals surface area contributed by atoms with Crippen molar-refractivity contribution >= 4 is 29.1 Å². The number of halogens is 5. The Morgan fingerprint density at radius 3 is 2.42 bits per heavy atom. The van der Waals surface area contributed by atoms with E-state index in [0.717, 1.165) is 6.07 Å². The Hall–Kier alpha value is -2.61. The van der Waals surface area contributed by atoms with Crippen molar-refractivity contribution in [1.29, 1.82) is 0 Å². The lowest BCUT2D eigenvalue weighted by Crippen LogP contribution is -2.33. The molecule has 2 aromatic carbocycles. The number of hydrogen-bond acceptors (Lipinski definition) is 2. The van der Waals surface area contributed by atoms with Gasteiger partial charge in [0.15, 0.2) is 0 Å². The summed E-state index contributed by atoms with van der Waals surface area (Å²) in [4.78, 5) is 23.5. The molecule has 26 heavy (non-hydrogen) atoms. The van der Waals surface area contributed by atoms with E-state index >= 15 is 0 Å². The van der Waals surface area contributed by atoms with Gasteiger partial charge < -0.3 is 10.6 Å². The predicted molar refractivity (Wildman–Crippen MR) is 88.2 cm³/mol. The summed E-state index contributed by atoms with van der Waals surface area (Å²) < 4.78 is 51.4. The van der Waals surface area contributed by atoms with Gasteiger partial charge in [0.2, 0.25) is 11.8 Å².